The van der Waals surface area contributed by atoms with Crippen LogP contribution in [-0.4, -0.2) is 44.6 Å². The molecular weight excluding hydrogens is 438 g/mol. The standard InChI is InChI=1S/C18H18ClN3O5S2/c1-26-13-6-4-5-11(16(13)27-2)8-22-9-12(7-20-22)21-18(23)17-15(19)14(10-28-17)29(3,24)25/h4-7,9-10H,8H2,1-3H3,(H,21,23). The first-order valence-corrected chi connectivity index (χ1v) is 11.4. The van der Waals surface area contributed by atoms with Crippen molar-refractivity contribution < 1.29 is 22.7 Å². The zero-order valence-electron chi connectivity index (χ0n) is 15.8. The molecule has 0 saturated heterocycles. The van der Waals surface area contributed by atoms with Crippen molar-refractivity contribution >= 4 is 44.4 Å². The van der Waals surface area contributed by atoms with E-state index in [0.29, 0.717) is 23.7 Å². The van der Waals surface area contributed by atoms with E-state index >= 15 is 0 Å². The Morgan fingerprint density at radius 1 is 1.31 bits per heavy atom. The smallest absolute Gasteiger partial charge is 0.267 e. The topological polar surface area (TPSA) is 99.5 Å². The van der Waals surface area contributed by atoms with E-state index in [1.54, 1.807) is 31.2 Å². The summed E-state index contributed by atoms with van der Waals surface area (Å²) < 4.78 is 35.7. The first-order valence-electron chi connectivity index (χ1n) is 8.25. The number of aromatic nitrogens is 2. The highest BCUT2D eigenvalue weighted by molar-refractivity contribution is 7.91. The number of methoxy groups -OCH3 is 2. The summed E-state index contributed by atoms with van der Waals surface area (Å²) in [7, 11) is -0.377. The molecule has 0 fully saturated rings. The number of nitrogens with one attached hydrogen (secondary N) is 1. The number of anilines is 1. The third-order valence-corrected chi connectivity index (χ3v) is 6.88. The van der Waals surface area contributed by atoms with Crippen LogP contribution >= 0.6 is 22.9 Å². The molecule has 0 bridgehead atoms. The van der Waals surface area contributed by atoms with E-state index in [1.165, 1.54) is 11.6 Å². The van der Waals surface area contributed by atoms with Gasteiger partial charge in [0.1, 0.15) is 4.88 Å². The van der Waals surface area contributed by atoms with Crippen LogP contribution < -0.4 is 14.8 Å². The van der Waals surface area contributed by atoms with Crippen molar-refractivity contribution in [2.75, 3.05) is 25.8 Å². The number of para-hydroxylation sites is 1. The number of rotatable bonds is 7. The molecule has 29 heavy (non-hydrogen) atoms. The lowest BCUT2D eigenvalue weighted by Crippen LogP contribution is -2.10. The van der Waals surface area contributed by atoms with E-state index in [9.17, 15) is 13.2 Å². The van der Waals surface area contributed by atoms with Crippen LogP contribution in [0.4, 0.5) is 5.69 Å². The molecule has 1 aromatic carbocycles. The number of hydrogen-bond donors (Lipinski definition) is 1. The Kier molecular flexibility index (Phi) is 6.15. The summed E-state index contributed by atoms with van der Waals surface area (Å²) in [6, 6.07) is 5.53. The Balaban J connectivity index is 1.76. The Morgan fingerprint density at radius 2 is 2.07 bits per heavy atom. The normalized spacial score (nSPS) is 11.3. The van der Waals surface area contributed by atoms with Crippen LogP contribution in [0, 0.1) is 0 Å². The Morgan fingerprint density at radius 3 is 2.69 bits per heavy atom. The largest absolute Gasteiger partial charge is 0.493 e. The number of carbonyl (C=O) groups is 1. The number of halogens is 1. The van der Waals surface area contributed by atoms with Gasteiger partial charge in [-0.05, 0) is 6.07 Å². The molecule has 0 atom stereocenters. The number of thiophene rings is 1. The fraction of sp³-hybridized carbons (Fsp3) is 0.222. The molecule has 154 valence electrons. The summed E-state index contributed by atoms with van der Waals surface area (Å²) in [5.74, 6) is 0.711. The van der Waals surface area contributed by atoms with Crippen molar-refractivity contribution in [1.82, 2.24) is 9.78 Å². The number of benzene rings is 1. The van der Waals surface area contributed by atoms with Gasteiger partial charge in [-0.1, -0.05) is 23.7 Å². The van der Waals surface area contributed by atoms with Crippen LogP contribution in [0.2, 0.25) is 5.02 Å². The van der Waals surface area contributed by atoms with Crippen molar-refractivity contribution in [3.05, 3.63) is 51.4 Å². The maximum atomic E-state index is 12.5. The molecule has 8 nitrogen and oxygen atoms in total. The van der Waals surface area contributed by atoms with Gasteiger partial charge < -0.3 is 14.8 Å². The molecule has 0 aliphatic rings. The molecule has 0 saturated carbocycles. The van der Waals surface area contributed by atoms with Crippen molar-refractivity contribution in [1.29, 1.82) is 0 Å². The van der Waals surface area contributed by atoms with Gasteiger partial charge in [-0.25, -0.2) is 8.42 Å². The average molecular weight is 456 g/mol. The zero-order chi connectivity index (χ0) is 21.2. The molecule has 11 heteroatoms. The molecular formula is C18H18ClN3O5S2. The van der Waals surface area contributed by atoms with Crippen molar-refractivity contribution in [3.8, 4) is 11.5 Å². The van der Waals surface area contributed by atoms with Crippen LogP contribution in [0.5, 0.6) is 11.5 Å². The van der Waals surface area contributed by atoms with E-state index in [4.69, 9.17) is 21.1 Å². The molecule has 2 heterocycles. The molecule has 3 rings (SSSR count). The third kappa shape index (κ3) is 4.55. The van der Waals surface area contributed by atoms with Gasteiger partial charge in [-0.15, -0.1) is 11.3 Å². The van der Waals surface area contributed by atoms with Crippen molar-refractivity contribution in [2.24, 2.45) is 0 Å². The van der Waals surface area contributed by atoms with Crippen LogP contribution in [0.15, 0.2) is 40.9 Å². The molecule has 3 aromatic rings. The SMILES string of the molecule is COc1cccc(Cn2cc(NC(=O)c3scc(S(C)(=O)=O)c3Cl)cn2)c1OC. The maximum Gasteiger partial charge on any atom is 0.267 e. The fourth-order valence-corrected chi connectivity index (χ4v) is 5.50. The highest BCUT2D eigenvalue weighted by atomic mass is 35.5. The van der Waals surface area contributed by atoms with Crippen molar-refractivity contribution in [3.63, 3.8) is 0 Å². The lowest BCUT2D eigenvalue weighted by molar-refractivity contribution is 0.103. The minimum absolute atomic E-state index is 0.0601. The third-order valence-electron chi connectivity index (χ3n) is 4.01. The van der Waals surface area contributed by atoms with E-state index < -0.39 is 15.7 Å². The summed E-state index contributed by atoms with van der Waals surface area (Å²) in [6.07, 6.45) is 4.18. The number of sulfone groups is 1. The summed E-state index contributed by atoms with van der Waals surface area (Å²) in [5.41, 5.74) is 1.30. The molecule has 1 N–H and O–H groups in total. The van der Waals surface area contributed by atoms with Gasteiger partial charge in [0.05, 0.1) is 42.6 Å². The molecule has 2 aromatic heterocycles. The van der Waals surface area contributed by atoms with Crippen LogP contribution in [-0.2, 0) is 16.4 Å². The van der Waals surface area contributed by atoms with Gasteiger partial charge in [0.2, 0.25) is 0 Å². The summed E-state index contributed by atoms with van der Waals surface area (Å²) in [6.45, 7) is 0.397. The summed E-state index contributed by atoms with van der Waals surface area (Å²) in [4.78, 5) is 12.5. The van der Waals surface area contributed by atoms with E-state index in [1.807, 2.05) is 12.1 Å². The molecule has 0 aliphatic carbocycles. The number of amides is 1. The van der Waals surface area contributed by atoms with Gasteiger partial charge in [0, 0.05) is 23.4 Å². The first kappa shape index (κ1) is 21.2. The van der Waals surface area contributed by atoms with Gasteiger partial charge in [0.25, 0.3) is 5.91 Å². The monoisotopic (exact) mass is 455 g/mol. The second-order valence-electron chi connectivity index (χ2n) is 6.05. The molecule has 0 unspecified atom stereocenters. The Bertz CT molecular complexity index is 1150. The summed E-state index contributed by atoms with van der Waals surface area (Å²) in [5, 5.41) is 8.18. The number of hydrogen-bond acceptors (Lipinski definition) is 7. The lowest BCUT2D eigenvalue weighted by atomic mass is 10.2. The highest BCUT2D eigenvalue weighted by Gasteiger charge is 2.22. The maximum absolute atomic E-state index is 12.5. The second kappa shape index (κ2) is 8.44. The fourth-order valence-electron chi connectivity index (χ4n) is 2.69. The van der Waals surface area contributed by atoms with Crippen LogP contribution in [0.1, 0.15) is 15.2 Å². The van der Waals surface area contributed by atoms with Crippen molar-refractivity contribution in [2.45, 2.75) is 11.4 Å². The average Bonchev–Trinajstić information content (AvgIpc) is 3.27. The highest BCUT2D eigenvalue weighted by Crippen LogP contribution is 2.33. The van der Waals surface area contributed by atoms with Gasteiger partial charge >= 0.3 is 0 Å². The van der Waals surface area contributed by atoms with E-state index in [-0.39, 0.29) is 14.8 Å². The predicted molar refractivity (Wildman–Crippen MR) is 111 cm³/mol. The van der Waals surface area contributed by atoms with Gasteiger partial charge in [0.15, 0.2) is 21.3 Å². The predicted octanol–water partition coefficient (Wildman–Crippen LogP) is 3.32. The molecule has 0 spiro atoms. The number of nitrogens with zero attached hydrogens (tertiary/aromatic N) is 2. The van der Waals surface area contributed by atoms with Crippen LogP contribution in [0.3, 0.4) is 0 Å². The molecule has 0 aliphatic heterocycles. The number of ether oxygens (including phenoxy) is 2. The van der Waals surface area contributed by atoms with Gasteiger partial charge in [-0.2, -0.15) is 5.10 Å². The lowest BCUT2D eigenvalue weighted by Gasteiger charge is -2.12. The minimum atomic E-state index is -3.50. The zero-order valence-corrected chi connectivity index (χ0v) is 18.2. The second-order valence-corrected chi connectivity index (χ2v) is 9.29. The quantitative estimate of drug-likeness (QED) is 0.586. The summed E-state index contributed by atoms with van der Waals surface area (Å²) >= 11 is 7.04. The molecule has 0 radical (unpaired) electrons. The molecule has 1 amide bonds. The minimum Gasteiger partial charge on any atom is -0.493 e. The Hall–Kier alpha value is -2.56. The Labute approximate surface area is 176 Å². The van der Waals surface area contributed by atoms with Gasteiger partial charge in [-0.3, -0.25) is 9.48 Å². The van der Waals surface area contributed by atoms with E-state index in [0.717, 1.165) is 23.2 Å². The van der Waals surface area contributed by atoms with Crippen LogP contribution in [0.25, 0.3) is 0 Å². The van der Waals surface area contributed by atoms with E-state index in [2.05, 4.69) is 10.4 Å². The first-order chi connectivity index (χ1) is 13.7. The number of carbonyl (C=O) groups excluding carboxylic acids is 1.